The average molecular weight is 410 g/mol. The van der Waals surface area contributed by atoms with Crippen LogP contribution >= 0.6 is 0 Å². The number of unbranched alkanes of at least 4 members (excludes halogenated alkanes) is 1. The normalized spacial score (nSPS) is 12.7. The van der Waals surface area contributed by atoms with Gasteiger partial charge in [-0.15, -0.1) is 0 Å². The topological polar surface area (TPSA) is 61.4 Å². The molecule has 0 bridgehead atoms. The Kier molecular flexibility index (Phi) is 8.90. The first-order valence-corrected chi connectivity index (χ1v) is 10.8. The number of rotatable bonds is 10. The predicted molar refractivity (Wildman–Crippen MR) is 125 cm³/mol. The maximum Gasteiger partial charge on any atom is 0.253 e. The number of carbonyl (C=O) groups excluding carboxylic acids is 2. The molecule has 2 aromatic carbocycles. The van der Waals surface area contributed by atoms with Crippen molar-refractivity contribution in [2.45, 2.75) is 52.5 Å². The standard InChI is InChI=1S/C25H35N3O2/c1-6-8-12-19(7-2)24(29)27-21-15-16-23(28(4)5)22(17-21)25(30)26-18(3)20-13-10-9-11-14-20/h9-11,13-19H,6-8,12H2,1-5H3,(H,26,30)(H,27,29)/t18-,19+/m0/s1. The van der Waals surface area contributed by atoms with E-state index in [-0.39, 0.29) is 23.8 Å². The van der Waals surface area contributed by atoms with Crippen LogP contribution < -0.4 is 15.5 Å². The molecule has 0 fully saturated rings. The maximum atomic E-state index is 13.1. The third kappa shape index (κ3) is 6.34. The lowest BCUT2D eigenvalue weighted by molar-refractivity contribution is -0.120. The van der Waals surface area contributed by atoms with Crippen LogP contribution in [0.2, 0.25) is 0 Å². The number of carbonyl (C=O) groups is 2. The summed E-state index contributed by atoms with van der Waals surface area (Å²) in [5, 5.41) is 6.08. The van der Waals surface area contributed by atoms with Crippen molar-refractivity contribution in [1.29, 1.82) is 0 Å². The molecule has 0 aliphatic rings. The molecule has 2 aromatic rings. The highest BCUT2D eigenvalue weighted by atomic mass is 16.2. The Morgan fingerprint density at radius 1 is 1.03 bits per heavy atom. The quantitative estimate of drug-likeness (QED) is 0.552. The van der Waals surface area contributed by atoms with Gasteiger partial charge in [-0.2, -0.15) is 0 Å². The SMILES string of the molecule is CCCC[C@@H](CC)C(=O)Nc1ccc(N(C)C)c(C(=O)N[C@@H](C)c2ccccc2)c1. The Morgan fingerprint density at radius 2 is 1.73 bits per heavy atom. The third-order valence-electron chi connectivity index (χ3n) is 5.41. The van der Waals surface area contributed by atoms with E-state index in [1.165, 1.54) is 0 Å². The van der Waals surface area contributed by atoms with Gasteiger partial charge >= 0.3 is 0 Å². The fourth-order valence-corrected chi connectivity index (χ4v) is 3.50. The van der Waals surface area contributed by atoms with Gasteiger partial charge in [0.1, 0.15) is 0 Å². The van der Waals surface area contributed by atoms with Crippen LogP contribution in [0, 0.1) is 5.92 Å². The number of anilines is 2. The molecule has 0 radical (unpaired) electrons. The summed E-state index contributed by atoms with van der Waals surface area (Å²) in [5.41, 5.74) is 3.05. The van der Waals surface area contributed by atoms with Gasteiger partial charge in [-0.25, -0.2) is 0 Å². The summed E-state index contributed by atoms with van der Waals surface area (Å²) >= 11 is 0. The van der Waals surface area contributed by atoms with Crippen molar-refractivity contribution in [3.63, 3.8) is 0 Å². The molecule has 0 heterocycles. The fraction of sp³-hybridized carbons (Fsp3) is 0.440. The second-order valence-corrected chi connectivity index (χ2v) is 7.97. The highest BCUT2D eigenvalue weighted by Crippen LogP contribution is 2.25. The van der Waals surface area contributed by atoms with Crippen molar-refractivity contribution in [2.24, 2.45) is 5.92 Å². The van der Waals surface area contributed by atoms with Gasteiger partial charge in [-0.1, -0.05) is 57.0 Å². The number of hydrogen-bond donors (Lipinski definition) is 2. The molecule has 2 N–H and O–H groups in total. The zero-order valence-corrected chi connectivity index (χ0v) is 18.9. The van der Waals surface area contributed by atoms with Gasteiger partial charge < -0.3 is 15.5 Å². The van der Waals surface area contributed by atoms with E-state index in [1.54, 1.807) is 6.07 Å². The Labute approximate surface area is 180 Å². The van der Waals surface area contributed by atoms with E-state index in [1.807, 2.05) is 75.3 Å². The van der Waals surface area contributed by atoms with Crippen molar-refractivity contribution >= 4 is 23.2 Å². The van der Waals surface area contributed by atoms with Crippen LogP contribution in [0.5, 0.6) is 0 Å². The van der Waals surface area contributed by atoms with Gasteiger partial charge in [0.15, 0.2) is 0 Å². The van der Waals surface area contributed by atoms with Crippen molar-refractivity contribution in [3.8, 4) is 0 Å². The fourth-order valence-electron chi connectivity index (χ4n) is 3.50. The minimum atomic E-state index is -0.163. The molecule has 2 rings (SSSR count). The Bertz CT molecular complexity index is 834. The molecular weight excluding hydrogens is 374 g/mol. The summed E-state index contributed by atoms with van der Waals surface area (Å²) in [6.45, 7) is 6.14. The number of benzene rings is 2. The molecule has 162 valence electrons. The van der Waals surface area contributed by atoms with Crippen LogP contribution in [0.3, 0.4) is 0 Å². The highest BCUT2D eigenvalue weighted by molar-refractivity contribution is 6.02. The van der Waals surface area contributed by atoms with Gasteiger partial charge in [-0.3, -0.25) is 9.59 Å². The molecule has 30 heavy (non-hydrogen) atoms. The molecule has 0 aromatic heterocycles. The van der Waals surface area contributed by atoms with Crippen molar-refractivity contribution in [2.75, 3.05) is 24.3 Å². The molecule has 0 unspecified atom stereocenters. The second-order valence-electron chi connectivity index (χ2n) is 7.97. The summed E-state index contributed by atoms with van der Waals surface area (Å²) in [5.74, 6) is -0.148. The number of hydrogen-bond acceptors (Lipinski definition) is 3. The minimum Gasteiger partial charge on any atom is -0.377 e. The first kappa shape index (κ1) is 23.5. The zero-order valence-electron chi connectivity index (χ0n) is 18.9. The van der Waals surface area contributed by atoms with E-state index in [2.05, 4.69) is 17.6 Å². The minimum absolute atomic E-state index is 0.00569. The summed E-state index contributed by atoms with van der Waals surface area (Å²) in [4.78, 5) is 27.7. The maximum absolute atomic E-state index is 13.1. The van der Waals surface area contributed by atoms with Gasteiger partial charge in [0.2, 0.25) is 5.91 Å². The first-order chi connectivity index (χ1) is 14.4. The van der Waals surface area contributed by atoms with Crippen molar-refractivity contribution < 1.29 is 9.59 Å². The molecule has 2 atom stereocenters. The lowest BCUT2D eigenvalue weighted by atomic mass is 9.98. The number of nitrogens with one attached hydrogen (secondary N) is 2. The van der Waals surface area contributed by atoms with Crippen molar-refractivity contribution in [1.82, 2.24) is 5.32 Å². The third-order valence-corrected chi connectivity index (χ3v) is 5.41. The molecule has 0 aliphatic carbocycles. The molecule has 0 aliphatic heterocycles. The second kappa shape index (κ2) is 11.4. The number of nitrogens with zero attached hydrogens (tertiary/aromatic N) is 1. The molecular formula is C25H35N3O2. The summed E-state index contributed by atoms with van der Waals surface area (Å²) in [6.07, 6.45) is 3.81. The summed E-state index contributed by atoms with van der Waals surface area (Å²) in [6, 6.07) is 15.3. The average Bonchev–Trinajstić information content (AvgIpc) is 2.74. The molecule has 0 saturated heterocycles. The van der Waals surface area contributed by atoms with Crippen LogP contribution in [0.25, 0.3) is 0 Å². The first-order valence-electron chi connectivity index (χ1n) is 10.8. The summed E-state index contributed by atoms with van der Waals surface area (Å²) < 4.78 is 0. The molecule has 0 spiro atoms. The predicted octanol–water partition coefficient (Wildman–Crippen LogP) is 5.40. The van der Waals surface area contributed by atoms with Crippen LogP contribution in [0.4, 0.5) is 11.4 Å². The molecule has 2 amide bonds. The molecule has 5 heteroatoms. The van der Waals surface area contributed by atoms with Crippen LogP contribution in [-0.2, 0) is 4.79 Å². The van der Waals surface area contributed by atoms with E-state index in [4.69, 9.17) is 0 Å². The molecule has 0 saturated carbocycles. The van der Waals surface area contributed by atoms with E-state index < -0.39 is 0 Å². The van der Waals surface area contributed by atoms with Gasteiger partial charge in [0.05, 0.1) is 11.6 Å². The van der Waals surface area contributed by atoms with Gasteiger partial charge in [-0.05, 0) is 43.5 Å². The van der Waals surface area contributed by atoms with Gasteiger partial charge in [0, 0.05) is 31.4 Å². The van der Waals surface area contributed by atoms with E-state index in [9.17, 15) is 9.59 Å². The monoisotopic (exact) mass is 409 g/mol. The van der Waals surface area contributed by atoms with Crippen LogP contribution in [-0.4, -0.2) is 25.9 Å². The molecule has 5 nitrogen and oxygen atoms in total. The lowest BCUT2D eigenvalue weighted by Gasteiger charge is -2.21. The van der Waals surface area contributed by atoms with E-state index in [0.29, 0.717) is 11.3 Å². The Morgan fingerprint density at radius 3 is 2.33 bits per heavy atom. The van der Waals surface area contributed by atoms with Crippen LogP contribution in [0.15, 0.2) is 48.5 Å². The Hall–Kier alpha value is -2.82. The van der Waals surface area contributed by atoms with Gasteiger partial charge in [0.25, 0.3) is 5.91 Å². The highest BCUT2D eigenvalue weighted by Gasteiger charge is 2.19. The lowest BCUT2D eigenvalue weighted by Crippen LogP contribution is -2.29. The smallest absolute Gasteiger partial charge is 0.253 e. The van der Waals surface area contributed by atoms with Crippen molar-refractivity contribution in [3.05, 3.63) is 59.7 Å². The zero-order chi connectivity index (χ0) is 22.1. The largest absolute Gasteiger partial charge is 0.377 e. The Balaban J connectivity index is 2.21. The van der Waals surface area contributed by atoms with E-state index >= 15 is 0 Å². The van der Waals surface area contributed by atoms with Crippen LogP contribution in [0.1, 0.15) is 68.4 Å². The number of amides is 2. The van der Waals surface area contributed by atoms with E-state index in [0.717, 1.165) is 36.9 Å². The summed E-state index contributed by atoms with van der Waals surface area (Å²) in [7, 11) is 3.81.